The smallest absolute Gasteiger partial charge is 0.241 e. The molecule has 7 heteroatoms. The van der Waals surface area contributed by atoms with Gasteiger partial charge in [-0.1, -0.05) is 0 Å². The Balaban J connectivity index is 3.04. The SMILES string of the molecule is Cc1cc(F)c(N)cc1S(=O)(=O)NC(C)CC(C)O. The highest BCUT2D eigenvalue weighted by atomic mass is 32.2. The molecule has 0 radical (unpaired) electrons. The predicted octanol–water partition coefficient (Wildman–Crippen LogP) is 1.15. The third kappa shape index (κ3) is 4.15. The number of rotatable bonds is 5. The van der Waals surface area contributed by atoms with Gasteiger partial charge in [0.1, 0.15) is 5.82 Å². The van der Waals surface area contributed by atoms with Crippen LogP contribution in [0.15, 0.2) is 17.0 Å². The zero-order valence-electron chi connectivity index (χ0n) is 11.1. The maximum atomic E-state index is 13.2. The Labute approximate surface area is 112 Å². The fourth-order valence-corrected chi connectivity index (χ4v) is 3.36. The summed E-state index contributed by atoms with van der Waals surface area (Å²) in [5.74, 6) is -0.645. The van der Waals surface area contributed by atoms with Crippen LogP contribution in [0.25, 0.3) is 0 Å². The highest BCUT2D eigenvalue weighted by Gasteiger charge is 2.21. The van der Waals surface area contributed by atoms with Crippen molar-refractivity contribution in [2.24, 2.45) is 0 Å². The molecule has 0 saturated heterocycles. The summed E-state index contributed by atoms with van der Waals surface area (Å²) in [5.41, 5.74) is 5.46. The van der Waals surface area contributed by atoms with Gasteiger partial charge >= 0.3 is 0 Å². The van der Waals surface area contributed by atoms with Crippen molar-refractivity contribution in [2.45, 2.75) is 44.2 Å². The number of hydrogen-bond donors (Lipinski definition) is 3. The Morgan fingerprint density at radius 1 is 1.42 bits per heavy atom. The van der Waals surface area contributed by atoms with E-state index in [1.54, 1.807) is 13.8 Å². The lowest BCUT2D eigenvalue weighted by atomic mass is 10.2. The average Bonchev–Trinajstić information content (AvgIpc) is 2.20. The summed E-state index contributed by atoms with van der Waals surface area (Å²) < 4.78 is 39.9. The molecule has 0 amide bonds. The van der Waals surface area contributed by atoms with E-state index in [4.69, 9.17) is 5.73 Å². The fraction of sp³-hybridized carbons (Fsp3) is 0.500. The molecule has 0 saturated carbocycles. The Hall–Kier alpha value is -1.18. The van der Waals surface area contributed by atoms with Crippen LogP contribution in [0.2, 0.25) is 0 Å². The highest BCUT2D eigenvalue weighted by molar-refractivity contribution is 7.89. The van der Waals surface area contributed by atoms with Gasteiger partial charge in [0, 0.05) is 6.04 Å². The van der Waals surface area contributed by atoms with Crippen LogP contribution in [0.3, 0.4) is 0 Å². The van der Waals surface area contributed by atoms with Gasteiger partial charge in [0.05, 0.1) is 16.7 Å². The Bertz CT molecular complexity index is 558. The first kappa shape index (κ1) is 15.9. The van der Waals surface area contributed by atoms with Crippen molar-refractivity contribution >= 4 is 15.7 Å². The lowest BCUT2D eigenvalue weighted by Gasteiger charge is -2.17. The van der Waals surface area contributed by atoms with Crippen LogP contribution in [-0.2, 0) is 10.0 Å². The van der Waals surface area contributed by atoms with E-state index >= 15 is 0 Å². The van der Waals surface area contributed by atoms with Gasteiger partial charge < -0.3 is 10.8 Å². The van der Waals surface area contributed by atoms with Crippen LogP contribution in [0.1, 0.15) is 25.8 Å². The van der Waals surface area contributed by atoms with Gasteiger partial charge in [-0.15, -0.1) is 0 Å². The monoisotopic (exact) mass is 290 g/mol. The van der Waals surface area contributed by atoms with Crippen molar-refractivity contribution in [3.05, 3.63) is 23.5 Å². The Morgan fingerprint density at radius 2 is 2.00 bits per heavy atom. The second-order valence-corrected chi connectivity index (χ2v) is 6.43. The molecule has 0 aliphatic heterocycles. The Kier molecular flexibility index (Phi) is 4.89. The lowest BCUT2D eigenvalue weighted by molar-refractivity contribution is 0.175. The number of aryl methyl sites for hydroxylation is 1. The fourth-order valence-electron chi connectivity index (χ4n) is 1.85. The van der Waals surface area contributed by atoms with Gasteiger partial charge in [-0.05, 0) is 44.9 Å². The minimum atomic E-state index is -3.78. The van der Waals surface area contributed by atoms with Gasteiger partial charge in [-0.2, -0.15) is 0 Å². The van der Waals surface area contributed by atoms with E-state index in [1.165, 1.54) is 6.92 Å². The van der Waals surface area contributed by atoms with Crippen LogP contribution in [0.4, 0.5) is 10.1 Å². The summed E-state index contributed by atoms with van der Waals surface area (Å²) in [5, 5.41) is 9.22. The molecule has 0 aliphatic carbocycles. The number of hydrogen-bond acceptors (Lipinski definition) is 4. The van der Waals surface area contributed by atoms with Crippen LogP contribution in [-0.4, -0.2) is 25.7 Å². The summed E-state index contributed by atoms with van der Waals surface area (Å²) in [6.45, 7) is 4.72. The van der Waals surface area contributed by atoms with Gasteiger partial charge in [0.25, 0.3) is 0 Å². The number of aliphatic hydroxyl groups excluding tert-OH is 1. The van der Waals surface area contributed by atoms with Crippen LogP contribution in [0.5, 0.6) is 0 Å². The van der Waals surface area contributed by atoms with Crippen molar-refractivity contribution in [1.82, 2.24) is 4.72 Å². The van der Waals surface area contributed by atoms with Crippen molar-refractivity contribution in [2.75, 3.05) is 5.73 Å². The predicted molar refractivity (Wildman–Crippen MR) is 71.6 cm³/mol. The van der Waals surface area contributed by atoms with E-state index < -0.39 is 28.0 Å². The summed E-state index contributed by atoms with van der Waals surface area (Å²) in [6.07, 6.45) is -0.327. The largest absolute Gasteiger partial charge is 0.396 e. The van der Waals surface area contributed by atoms with Crippen LogP contribution >= 0.6 is 0 Å². The number of benzene rings is 1. The van der Waals surface area contributed by atoms with Crippen molar-refractivity contribution < 1.29 is 17.9 Å². The number of anilines is 1. The molecule has 0 aliphatic rings. The number of sulfonamides is 1. The molecule has 5 nitrogen and oxygen atoms in total. The molecule has 2 atom stereocenters. The molecule has 0 bridgehead atoms. The minimum Gasteiger partial charge on any atom is -0.396 e. The summed E-state index contributed by atoms with van der Waals surface area (Å²) in [6, 6.07) is 1.75. The quantitative estimate of drug-likeness (QED) is 0.709. The van der Waals surface area contributed by atoms with Gasteiger partial charge in [-0.25, -0.2) is 17.5 Å². The molecule has 1 aromatic carbocycles. The molecule has 0 spiro atoms. The maximum Gasteiger partial charge on any atom is 0.241 e. The summed E-state index contributed by atoms with van der Waals surface area (Å²) >= 11 is 0. The molecule has 108 valence electrons. The lowest BCUT2D eigenvalue weighted by Crippen LogP contribution is -2.35. The molecule has 4 N–H and O–H groups in total. The number of nitrogens with one attached hydrogen (secondary N) is 1. The first-order valence-corrected chi connectivity index (χ1v) is 7.38. The first-order valence-electron chi connectivity index (χ1n) is 5.89. The molecular weight excluding hydrogens is 271 g/mol. The van der Waals surface area contributed by atoms with Crippen molar-refractivity contribution in [1.29, 1.82) is 0 Å². The van der Waals surface area contributed by atoms with E-state index in [0.29, 0.717) is 0 Å². The van der Waals surface area contributed by atoms with E-state index in [2.05, 4.69) is 4.72 Å². The number of nitrogens with two attached hydrogens (primary N) is 1. The normalized spacial score (nSPS) is 15.2. The molecule has 2 unspecified atom stereocenters. The second-order valence-electron chi connectivity index (χ2n) is 4.75. The zero-order valence-corrected chi connectivity index (χ0v) is 12.0. The van der Waals surface area contributed by atoms with Crippen LogP contribution in [0, 0.1) is 12.7 Å². The average molecular weight is 290 g/mol. The van der Waals surface area contributed by atoms with E-state index in [1.807, 2.05) is 0 Å². The third-order valence-electron chi connectivity index (χ3n) is 2.63. The number of aliphatic hydroxyl groups is 1. The zero-order chi connectivity index (χ0) is 14.8. The molecule has 0 aromatic heterocycles. The Morgan fingerprint density at radius 3 is 2.53 bits per heavy atom. The summed E-state index contributed by atoms with van der Waals surface area (Å²) in [4.78, 5) is -0.0520. The van der Waals surface area contributed by atoms with Gasteiger partial charge in [0.15, 0.2) is 0 Å². The standard InChI is InChI=1S/C12H19FN2O3S/c1-7-4-10(13)11(14)6-12(7)19(17,18)15-8(2)5-9(3)16/h4,6,8-9,15-16H,5,14H2,1-3H3. The number of nitrogen functional groups attached to an aromatic ring is 1. The molecule has 0 heterocycles. The molecular formula is C12H19FN2O3S. The van der Waals surface area contributed by atoms with Gasteiger partial charge in [-0.3, -0.25) is 0 Å². The first-order chi connectivity index (χ1) is 8.63. The number of halogens is 1. The van der Waals surface area contributed by atoms with E-state index in [9.17, 15) is 17.9 Å². The van der Waals surface area contributed by atoms with Gasteiger partial charge in [0.2, 0.25) is 10.0 Å². The highest BCUT2D eigenvalue weighted by Crippen LogP contribution is 2.21. The maximum absolute atomic E-state index is 13.2. The third-order valence-corrected chi connectivity index (χ3v) is 4.37. The molecule has 19 heavy (non-hydrogen) atoms. The molecule has 1 rings (SSSR count). The second kappa shape index (κ2) is 5.85. The van der Waals surface area contributed by atoms with Crippen molar-refractivity contribution in [3.8, 4) is 0 Å². The summed E-state index contributed by atoms with van der Waals surface area (Å²) in [7, 11) is -3.78. The van der Waals surface area contributed by atoms with E-state index in [-0.39, 0.29) is 22.6 Å². The topological polar surface area (TPSA) is 92.4 Å². The van der Waals surface area contributed by atoms with Crippen LogP contribution < -0.4 is 10.5 Å². The van der Waals surface area contributed by atoms with E-state index in [0.717, 1.165) is 12.1 Å². The molecule has 1 aromatic rings. The van der Waals surface area contributed by atoms with Crippen molar-refractivity contribution in [3.63, 3.8) is 0 Å². The minimum absolute atomic E-state index is 0.0520. The molecule has 0 fully saturated rings.